The van der Waals surface area contributed by atoms with Crippen molar-refractivity contribution in [2.75, 3.05) is 30.4 Å². The maximum absolute atomic E-state index is 13.1. The van der Waals surface area contributed by atoms with Crippen molar-refractivity contribution in [1.82, 2.24) is 9.55 Å². The van der Waals surface area contributed by atoms with E-state index in [1.165, 1.54) is 9.47 Å². The Morgan fingerprint density at radius 2 is 2.00 bits per heavy atom. The molecule has 146 valence electrons. The third kappa shape index (κ3) is 4.55. The van der Waals surface area contributed by atoms with Crippen molar-refractivity contribution in [3.63, 3.8) is 0 Å². The minimum absolute atomic E-state index is 0.0592. The number of carbonyl (C=O) groups excluding carboxylic acids is 1. The molecule has 1 aliphatic rings. The summed E-state index contributed by atoms with van der Waals surface area (Å²) in [6.45, 7) is 7.79. The number of rotatable bonds is 7. The quantitative estimate of drug-likeness (QED) is 0.756. The van der Waals surface area contributed by atoms with Crippen LogP contribution in [0.2, 0.25) is 0 Å². The maximum atomic E-state index is 13.1. The summed E-state index contributed by atoms with van der Waals surface area (Å²) in [6, 6.07) is 0. The molecule has 1 aromatic rings. The molecule has 2 rings (SSSR count). The highest BCUT2D eigenvalue weighted by Crippen LogP contribution is 2.24. The zero-order valence-electron chi connectivity index (χ0n) is 15.9. The highest BCUT2D eigenvalue weighted by molar-refractivity contribution is 5.97. The van der Waals surface area contributed by atoms with Crippen molar-refractivity contribution in [3.8, 4) is 0 Å². The van der Waals surface area contributed by atoms with Crippen molar-refractivity contribution in [2.24, 2.45) is 11.8 Å². The van der Waals surface area contributed by atoms with E-state index in [4.69, 9.17) is 10.5 Å². The molecule has 1 saturated heterocycles. The van der Waals surface area contributed by atoms with Gasteiger partial charge in [0.25, 0.3) is 5.56 Å². The monoisotopic (exact) mass is 366 g/mol. The van der Waals surface area contributed by atoms with Gasteiger partial charge in [0.15, 0.2) is 5.69 Å². The van der Waals surface area contributed by atoms with Gasteiger partial charge in [0.05, 0.1) is 0 Å². The molecular weight excluding hydrogens is 336 g/mol. The first kappa shape index (κ1) is 20.2. The van der Waals surface area contributed by atoms with Crippen LogP contribution in [0.1, 0.15) is 46.5 Å². The summed E-state index contributed by atoms with van der Waals surface area (Å²) in [5.74, 6) is -0.0772. The molecule has 0 atom stereocenters. The van der Waals surface area contributed by atoms with Gasteiger partial charge in [0, 0.05) is 32.2 Å². The fourth-order valence-corrected chi connectivity index (χ4v) is 3.20. The number of aromatic amines is 1. The van der Waals surface area contributed by atoms with Crippen molar-refractivity contribution in [3.05, 3.63) is 20.8 Å². The maximum Gasteiger partial charge on any atom is 0.330 e. The lowest BCUT2D eigenvalue weighted by atomic mass is 9.98. The van der Waals surface area contributed by atoms with E-state index < -0.39 is 11.2 Å². The van der Waals surface area contributed by atoms with Crippen LogP contribution in [-0.2, 0) is 16.1 Å². The molecule has 0 spiro atoms. The number of aromatic nitrogens is 2. The van der Waals surface area contributed by atoms with Crippen LogP contribution in [0.15, 0.2) is 9.59 Å². The highest BCUT2D eigenvalue weighted by atomic mass is 16.5. The minimum Gasteiger partial charge on any atom is -0.383 e. The number of ether oxygens (including phenoxy) is 1. The molecule has 1 aliphatic heterocycles. The fraction of sp³-hybridized carbons (Fsp3) is 0.722. The van der Waals surface area contributed by atoms with E-state index in [2.05, 4.69) is 4.98 Å². The van der Waals surface area contributed by atoms with Gasteiger partial charge in [-0.25, -0.2) is 4.79 Å². The molecule has 1 amide bonds. The molecule has 8 nitrogen and oxygen atoms in total. The molecule has 0 bridgehead atoms. The lowest BCUT2D eigenvalue weighted by molar-refractivity contribution is -0.125. The van der Waals surface area contributed by atoms with Crippen LogP contribution in [0.25, 0.3) is 0 Å². The Morgan fingerprint density at radius 3 is 2.58 bits per heavy atom. The molecular formula is C18H30N4O4. The molecule has 0 saturated carbocycles. The van der Waals surface area contributed by atoms with E-state index in [0.29, 0.717) is 39.1 Å². The molecule has 1 fully saturated rings. The molecule has 3 N–H and O–H groups in total. The van der Waals surface area contributed by atoms with Gasteiger partial charge >= 0.3 is 5.69 Å². The molecule has 0 aromatic carbocycles. The van der Waals surface area contributed by atoms with Crippen LogP contribution in [0.4, 0.5) is 11.5 Å². The number of unbranched alkanes of at least 4 members (excludes halogenated alkanes) is 1. The van der Waals surface area contributed by atoms with Gasteiger partial charge in [0.1, 0.15) is 5.82 Å². The standard InChI is InChI=1S/C18H30N4O4/c1-4-5-8-21(17(24)13-6-9-26-10-7-13)14-15(19)22(11-12(2)3)18(25)20-16(14)23/h12-13H,4-11,19H2,1-3H3,(H,20,23,25). The molecule has 0 aliphatic carbocycles. The summed E-state index contributed by atoms with van der Waals surface area (Å²) in [4.78, 5) is 41.6. The summed E-state index contributed by atoms with van der Waals surface area (Å²) < 4.78 is 6.68. The topological polar surface area (TPSA) is 110 Å². The number of nitrogens with two attached hydrogens (primary N) is 1. The van der Waals surface area contributed by atoms with Crippen LogP contribution in [0.3, 0.4) is 0 Å². The molecule has 0 unspecified atom stereocenters. The van der Waals surface area contributed by atoms with E-state index in [9.17, 15) is 14.4 Å². The first-order valence-corrected chi connectivity index (χ1v) is 9.38. The molecule has 26 heavy (non-hydrogen) atoms. The highest BCUT2D eigenvalue weighted by Gasteiger charge is 2.30. The largest absolute Gasteiger partial charge is 0.383 e. The van der Waals surface area contributed by atoms with E-state index in [1.807, 2.05) is 20.8 Å². The van der Waals surface area contributed by atoms with Crippen molar-refractivity contribution in [2.45, 2.75) is 53.0 Å². The number of hydrogen-bond donors (Lipinski definition) is 2. The van der Waals surface area contributed by atoms with Gasteiger partial charge in [-0.05, 0) is 25.2 Å². The molecule has 2 heterocycles. The van der Waals surface area contributed by atoms with E-state index in [-0.39, 0.29) is 29.2 Å². The molecule has 8 heteroatoms. The number of nitrogen functional groups attached to an aromatic ring is 1. The third-order valence-electron chi connectivity index (χ3n) is 4.60. The second-order valence-electron chi connectivity index (χ2n) is 7.23. The smallest absolute Gasteiger partial charge is 0.330 e. The number of carbonyl (C=O) groups is 1. The molecule has 1 aromatic heterocycles. The Labute approximate surface area is 153 Å². The van der Waals surface area contributed by atoms with Gasteiger partial charge in [-0.3, -0.25) is 19.1 Å². The van der Waals surface area contributed by atoms with Gasteiger partial charge in [-0.1, -0.05) is 27.2 Å². The van der Waals surface area contributed by atoms with Crippen LogP contribution < -0.4 is 21.9 Å². The number of anilines is 2. The average molecular weight is 366 g/mol. The number of nitrogens with one attached hydrogen (secondary N) is 1. The zero-order valence-corrected chi connectivity index (χ0v) is 15.9. The van der Waals surface area contributed by atoms with Crippen LogP contribution in [0.5, 0.6) is 0 Å². The predicted molar refractivity (Wildman–Crippen MR) is 101 cm³/mol. The average Bonchev–Trinajstić information content (AvgIpc) is 2.61. The second-order valence-corrected chi connectivity index (χ2v) is 7.23. The fourth-order valence-electron chi connectivity index (χ4n) is 3.20. The number of amides is 1. The van der Waals surface area contributed by atoms with E-state index in [0.717, 1.165) is 12.8 Å². The Balaban J connectivity index is 2.48. The van der Waals surface area contributed by atoms with Crippen molar-refractivity contribution < 1.29 is 9.53 Å². The Morgan fingerprint density at radius 1 is 1.35 bits per heavy atom. The summed E-state index contributed by atoms with van der Waals surface area (Å²) in [5.41, 5.74) is 5.14. The lowest BCUT2D eigenvalue weighted by Gasteiger charge is -2.30. The third-order valence-corrected chi connectivity index (χ3v) is 4.60. The second kappa shape index (κ2) is 9.02. The zero-order chi connectivity index (χ0) is 19.3. The summed E-state index contributed by atoms with van der Waals surface area (Å²) >= 11 is 0. The first-order chi connectivity index (χ1) is 12.4. The lowest BCUT2D eigenvalue weighted by Crippen LogP contribution is -2.45. The Bertz CT molecular complexity index is 732. The summed E-state index contributed by atoms with van der Waals surface area (Å²) in [5, 5.41) is 0. The number of hydrogen-bond acceptors (Lipinski definition) is 5. The van der Waals surface area contributed by atoms with Crippen LogP contribution >= 0.6 is 0 Å². The van der Waals surface area contributed by atoms with Crippen LogP contribution in [-0.4, -0.2) is 35.2 Å². The van der Waals surface area contributed by atoms with Crippen LogP contribution in [0, 0.1) is 11.8 Å². The molecule has 0 radical (unpaired) electrons. The number of H-pyrrole nitrogens is 1. The SMILES string of the molecule is CCCCN(C(=O)C1CCOCC1)c1c(N)n(CC(C)C)c(=O)[nH]c1=O. The van der Waals surface area contributed by atoms with Gasteiger partial charge in [-0.2, -0.15) is 0 Å². The van der Waals surface area contributed by atoms with Gasteiger partial charge in [-0.15, -0.1) is 0 Å². The summed E-state index contributed by atoms with van der Waals surface area (Å²) in [6.07, 6.45) is 2.88. The van der Waals surface area contributed by atoms with Gasteiger partial charge < -0.3 is 15.4 Å². The van der Waals surface area contributed by atoms with Gasteiger partial charge in [0.2, 0.25) is 5.91 Å². The van der Waals surface area contributed by atoms with Crippen molar-refractivity contribution in [1.29, 1.82) is 0 Å². The predicted octanol–water partition coefficient (Wildman–Crippen LogP) is 1.33. The Kier molecular flexibility index (Phi) is 7.02. The summed E-state index contributed by atoms with van der Waals surface area (Å²) in [7, 11) is 0. The first-order valence-electron chi connectivity index (χ1n) is 9.38. The van der Waals surface area contributed by atoms with Crippen molar-refractivity contribution >= 4 is 17.4 Å². The van der Waals surface area contributed by atoms with E-state index in [1.54, 1.807) is 0 Å². The minimum atomic E-state index is -0.607. The number of nitrogens with zero attached hydrogens (tertiary/aromatic N) is 2. The Hall–Kier alpha value is -2.09. The van der Waals surface area contributed by atoms with E-state index >= 15 is 0 Å². The normalized spacial score (nSPS) is 15.4.